The van der Waals surface area contributed by atoms with Crippen molar-refractivity contribution in [2.75, 3.05) is 6.61 Å². The highest BCUT2D eigenvalue weighted by molar-refractivity contribution is 5.13. The molecule has 0 radical (unpaired) electrons. The third-order valence-electron chi connectivity index (χ3n) is 3.74. The van der Waals surface area contributed by atoms with E-state index in [2.05, 4.69) is 0 Å². The van der Waals surface area contributed by atoms with Crippen LogP contribution in [0.25, 0.3) is 0 Å². The largest absolute Gasteiger partial charge is 0.374 e. The van der Waals surface area contributed by atoms with Crippen LogP contribution >= 0.6 is 0 Å². The van der Waals surface area contributed by atoms with E-state index in [1.807, 2.05) is 44.2 Å². The molecule has 5 nitrogen and oxygen atoms in total. The number of aliphatic hydroxyl groups is 1. The number of ether oxygens (including phenoxy) is 4. The van der Waals surface area contributed by atoms with E-state index in [1.165, 1.54) is 0 Å². The van der Waals surface area contributed by atoms with Crippen molar-refractivity contribution in [2.24, 2.45) is 0 Å². The molecule has 3 rings (SSSR count). The Labute approximate surface area is 124 Å². The lowest BCUT2D eigenvalue weighted by molar-refractivity contribution is -0.237. The number of benzene rings is 1. The summed E-state index contributed by atoms with van der Waals surface area (Å²) in [7, 11) is 0. The van der Waals surface area contributed by atoms with Crippen molar-refractivity contribution in [2.45, 2.75) is 57.3 Å². The molecule has 0 aliphatic carbocycles. The van der Waals surface area contributed by atoms with Crippen LogP contribution in [0.3, 0.4) is 0 Å². The fourth-order valence-corrected chi connectivity index (χ4v) is 2.87. The van der Waals surface area contributed by atoms with Gasteiger partial charge in [-0.05, 0) is 19.4 Å². The summed E-state index contributed by atoms with van der Waals surface area (Å²) in [4.78, 5) is 0. The summed E-state index contributed by atoms with van der Waals surface area (Å²) >= 11 is 0. The molecule has 116 valence electrons. The first-order chi connectivity index (χ1) is 10.0. The lowest BCUT2D eigenvalue weighted by atomic mass is 10.0. The van der Waals surface area contributed by atoms with E-state index in [-0.39, 0.29) is 12.2 Å². The zero-order valence-electron chi connectivity index (χ0n) is 12.4. The SMILES string of the molecule is CC1(C)OC2C(O)OC(COCc3ccccc3)C[C@@H]2O1. The molecule has 2 fully saturated rings. The smallest absolute Gasteiger partial charge is 0.184 e. The second-order valence-electron chi connectivity index (χ2n) is 6.02. The lowest BCUT2D eigenvalue weighted by Crippen LogP contribution is -2.47. The molecule has 2 aliphatic rings. The topological polar surface area (TPSA) is 57.2 Å². The van der Waals surface area contributed by atoms with Crippen LogP contribution in [0.2, 0.25) is 0 Å². The van der Waals surface area contributed by atoms with Gasteiger partial charge in [-0.1, -0.05) is 30.3 Å². The van der Waals surface area contributed by atoms with Crippen molar-refractivity contribution in [1.82, 2.24) is 0 Å². The van der Waals surface area contributed by atoms with Crippen LogP contribution < -0.4 is 0 Å². The van der Waals surface area contributed by atoms with Gasteiger partial charge in [-0.2, -0.15) is 0 Å². The van der Waals surface area contributed by atoms with E-state index >= 15 is 0 Å². The van der Waals surface area contributed by atoms with Gasteiger partial charge in [0.1, 0.15) is 6.10 Å². The van der Waals surface area contributed by atoms with E-state index in [0.717, 1.165) is 5.56 Å². The van der Waals surface area contributed by atoms with Crippen molar-refractivity contribution < 1.29 is 24.1 Å². The number of hydrogen-bond acceptors (Lipinski definition) is 5. The summed E-state index contributed by atoms with van der Waals surface area (Å²) in [6.07, 6.45) is -1.03. The maximum Gasteiger partial charge on any atom is 0.184 e. The fourth-order valence-electron chi connectivity index (χ4n) is 2.87. The molecule has 0 amide bonds. The summed E-state index contributed by atoms with van der Waals surface area (Å²) < 4.78 is 22.7. The number of hydrogen-bond donors (Lipinski definition) is 1. The van der Waals surface area contributed by atoms with Crippen LogP contribution in [0, 0.1) is 0 Å². The maximum absolute atomic E-state index is 10.0. The van der Waals surface area contributed by atoms with Gasteiger partial charge in [0.25, 0.3) is 0 Å². The Balaban J connectivity index is 1.49. The highest BCUT2D eigenvalue weighted by atomic mass is 16.8. The Morgan fingerprint density at radius 3 is 2.76 bits per heavy atom. The first kappa shape index (κ1) is 14.9. The van der Waals surface area contributed by atoms with Gasteiger partial charge in [-0.25, -0.2) is 0 Å². The quantitative estimate of drug-likeness (QED) is 0.918. The van der Waals surface area contributed by atoms with Gasteiger partial charge < -0.3 is 24.1 Å². The molecule has 1 N–H and O–H groups in total. The molecule has 0 aromatic heterocycles. The average Bonchev–Trinajstić information content (AvgIpc) is 2.75. The number of fused-ring (bicyclic) bond motifs is 1. The Bertz CT molecular complexity index is 461. The lowest BCUT2D eigenvalue weighted by Gasteiger charge is -2.33. The Morgan fingerprint density at radius 2 is 2.00 bits per heavy atom. The Kier molecular flexibility index (Phi) is 4.28. The van der Waals surface area contributed by atoms with Gasteiger partial charge in [0.05, 0.1) is 25.4 Å². The minimum Gasteiger partial charge on any atom is -0.374 e. The predicted molar refractivity (Wildman–Crippen MR) is 75.4 cm³/mol. The van der Waals surface area contributed by atoms with Crippen LogP contribution in [-0.2, 0) is 25.6 Å². The second kappa shape index (κ2) is 6.02. The van der Waals surface area contributed by atoms with Crippen LogP contribution in [0.15, 0.2) is 30.3 Å². The molecular formula is C16H22O5. The molecule has 5 heteroatoms. The standard InChI is InChI=1S/C16H22O5/c1-16(2)20-13-8-12(19-15(17)14(13)21-16)10-18-9-11-6-4-3-5-7-11/h3-7,12-15,17H,8-10H2,1-2H3/t12?,13-,14?,15?/m0/s1. The predicted octanol–water partition coefficient (Wildman–Crippen LogP) is 1.83. The minimum atomic E-state index is -0.962. The molecule has 0 bridgehead atoms. The van der Waals surface area contributed by atoms with E-state index < -0.39 is 18.2 Å². The molecule has 3 unspecified atom stereocenters. The average molecular weight is 294 g/mol. The second-order valence-corrected chi connectivity index (χ2v) is 6.02. The summed E-state index contributed by atoms with van der Waals surface area (Å²) in [5.41, 5.74) is 1.12. The first-order valence-corrected chi connectivity index (χ1v) is 7.34. The maximum atomic E-state index is 10.0. The summed E-state index contributed by atoms with van der Waals surface area (Å²) in [5, 5.41) is 10.0. The van der Waals surface area contributed by atoms with Crippen molar-refractivity contribution in [3.63, 3.8) is 0 Å². The molecule has 0 spiro atoms. The van der Waals surface area contributed by atoms with Gasteiger partial charge in [-0.3, -0.25) is 0 Å². The zero-order valence-corrected chi connectivity index (χ0v) is 12.4. The van der Waals surface area contributed by atoms with Gasteiger partial charge >= 0.3 is 0 Å². The van der Waals surface area contributed by atoms with Gasteiger partial charge in [0.2, 0.25) is 0 Å². The third-order valence-corrected chi connectivity index (χ3v) is 3.74. The minimum absolute atomic E-state index is 0.144. The molecule has 2 heterocycles. The van der Waals surface area contributed by atoms with E-state index in [9.17, 15) is 5.11 Å². The third kappa shape index (κ3) is 3.62. The fraction of sp³-hybridized carbons (Fsp3) is 0.625. The molecule has 0 saturated carbocycles. The highest BCUT2D eigenvalue weighted by Crippen LogP contribution is 2.36. The van der Waals surface area contributed by atoms with E-state index in [4.69, 9.17) is 18.9 Å². The van der Waals surface area contributed by atoms with Crippen molar-refractivity contribution in [3.8, 4) is 0 Å². The Hall–Kier alpha value is -0.980. The summed E-state index contributed by atoms with van der Waals surface area (Å²) in [6, 6.07) is 9.97. The van der Waals surface area contributed by atoms with E-state index in [0.29, 0.717) is 19.6 Å². The van der Waals surface area contributed by atoms with Crippen molar-refractivity contribution in [1.29, 1.82) is 0 Å². The normalized spacial score (nSPS) is 34.6. The molecule has 1 aromatic carbocycles. The summed E-state index contributed by atoms with van der Waals surface area (Å²) in [5.74, 6) is -0.667. The van der Waals surface area contributed by atoms with Crippen LogP contribution in [-0.4, -0.2) is 42.1 Å². The first-order valence-electron chi connectivity index (χ1n) is 7.34. The van der Waals surface area contributed by atoms with E-state index in [1.54, 1.807) is 0 Å². The van der Waals surface area contributed by atoms with Gasteiger partial charge in [-0.15, -0.1) is 0 Å². The number of aliphatic hydroxyl groups excluding tert-OH is 1. The monoisotopic (exact) mass is 294 g/mol. The molecule has 2 aliphatic heterocycles. The summed E-state index contributed by atoms with van der Waals surface area (Å²) in [6.45, 7) is 4.66. The molecule has 4 atom stereocenters. The van der Waals surface area contributed by atoms with Crippen LogP contribution in [0.1, 0.15) is 25.8 Å². The van der Waals surface area contributed by atoms with Gasteiger partial charge in [0.15, 0.2) is 12.1 Å². The van der Waals surface area contributed by atoms with Crippen LogP contribution in [0.5, 0.6) is 0 Å². The molecular weight excluding hydrogens is 272 g/mol. The van der Waals surface area contributed by atoms with Gasteiger partial charge in [0, 0.05) is 6.42 Å². The molecule has 1 aromatic rings. The molecule has 2 saturated heterocycles. The highest BCUT2D eigenvalue weighted by Gasteiger charge is 2.49. The zero-order chi connectivity index (χ0) is 14.9. The molecule has 21 heavy (non-hydrogen) atoms. The van der Waals surface area contributed by atoms with Crippen molar-refractivity contribution in [3.05, 3.63) is 35.9 Å². The van der Waals surface area contributed by atoms with Crippen molar-refractivity contribution >= 4 is 0 Å². The Morgan fingerprint density at radius 1 is 1.24 bits per heavy atom. The van der Waals surface area contributed by atoms with Crippen LogP contribution in [0.4, 0.5) is 0 Å². The number of rotatable bonds is 4.